The van der Waals surface area contributed by atoms with Crippen LogP contribution in [0, 0.1) is 0 Å². The first kappa shape index (κ1) is 23.4. The number of imidazole rings is 1. The molecule has 0 saturated heterocycles. The lowest BCUT2D eigenvalue weighted by Gasteiger charge is -2.12. The van der Waals surface area contributed by atoms with Crippen LogP contribution in [-0.2, 0) is 0 Å². The average molecular weight is 567 g/mol. The molecule has 0 bridgehead atoms. The molecular weight excluding hydrogens is 544 g/mol. The van der Waals surface area contributed by atoms with Gasteiger partial charge in [0, 0.05) is 57.0 Å². The second-order valence-electron chi connectivity index (χ2n) is 11.1. The molecule has 5 heterocycles. The molecule has 0 aliphatic heterocycles. The molecule has 10 aromatic rings. The Balaban J connectivity index is 1.29. The number of ether oxygens (including phenoxy) is 1. The van der Waals surface area contributed by atoms with E-state index in [1.807, 2.05) is 55.0 Å². The Kier molecular flexibility index (Phi) is 4.63. The summed E-state index contributed by atoms with van der Waals surface area (Å²) in [6.45, 7) is 0. The van der Waals surface area contributed by atoms with E-state index >= 15 is 0 Å². The summed E-state index contributed by atoms with van der Waals surface area (Å²) in [4.78, 5) is 9.45. The largest absolute Gasteiger partial charge is 0.453 e. The molecule has 0 amide bonds. The third kappa shape index (κ3) is 3.14. The van der Waals surface area contributed by atoms with Crippen LogP contribution in [0.15, 0.2) is 138 Å². The van der Waals surface area contributed by atoms with E-state index < -0.39 is 0 Å². The molecule has 0 unspecified atom stereocenters. The van der Waals surface area contributed by atoms with Gasteiger partial charge in [0.05, 0.1) is 16.6 Å². The van der Waals surface area contributed by atoms with Crippen LogP contribution in [-0.4, -0.2) is 18.9 Å². The van der Waals surface area contributed by atoms with Crippen LogP contribution < -0.4 is 4.74 Å². The van der Waals surface area contributed by atoms with Gasteiger partial charge in [0.1, 0.15) is 22.8 Å². The first-order valence-electron chi connectivity index (χ1n) is 14.6. The summed E-state index contributed by atoms with van der Waals surface area (Å²) in [6, 6.07) is 39.4. The summed E-state index contributed by atoms with van der Waals surface area (Å²) in [5.41, 5.74) is 5.62. The second kappa shape index (κ2) is 8.69. The van der Waals surface area contributed by atoms with E-state index in [1.54, 1.807) is 0 Å². The number of hydrogen-bond acceptors (Lipinski definition) is 4. The summed E-state index contributed by atoms with van der Waals surface area (Å²) in [6.07, 6.45) is 5.68. The zero-order valence-electron chi connectivity index (χ0n) is 23.3. The highest BCUT2D eigenvalue weighted by molar-refractivity contribution is 6.28. The molecule has 0 aliphatic rings. The number of aromatic nitrogens is 4. The Morgan fingerprint density at radius 1 is 0.568 bits per heavy atom. The van der Waals surface area contributed by atoms with Crippen molar-refractivity contribution in [1.82, 2.24) is 18.9 Å². The molecule has 0 fully saturated rings. The predicted octanol–water partition coefficient (Wildman–Crippen LogP) is 9.82. The van der Waals surface area contributed by atoms with Gasteiger partial charge in [-0.1, -0.05) is 60.7 Å². The van der Waals surface area contributed by atoms with Crippen molar-refractivity contribution in [2.24, 2.45) is 0 Å². The van der Waals surface area contributed by atoms with Crippen molar-refractivity contribution in [3.8, 4) is 17.3 Å². The topological polar surface area (TPSA) is 57.5 Å². The minimum absolute atomic E-state index is 0.642. The van der Waals surface area contributed by atoms with Crippen molar-refractivity contribution in [3.63, 3.8) is 0 Å². The molecule has 0 saturated carbocycles. The van der Waals surface area contributed by atoms with Crippen molar-refractivity contribution >= 4 is 71.1 Å². The Bertz CT molecular complexity index is 2750. The Morgan fingerprint density at radius 3 is 2.25 bits per heavy atom. The fraction of sp³-hybridized carbons (Fsp3) is 0. The quantitative estimate of drug-likeness (QED) is 0.200. The van der Waals surface area contributed by atoms with Gasteiger partial charge in [-0.25, -0.2) is 9.97 Å². The fourth-order valence-electron chi connectivity index (χ4n) is 6.87. The molecule has 0 atom stereocenters. The Hall–Kier alpha value is -6.14. The molecule has 0 aliphatic carbocycles. The minimum atomic E-state index is 0.642. The van der Waals surface area contributed by atoms with E-state index in [0.29, 0.717) is 17.1 Å². The van der Waals surface area contributed by atoms with E-state index in [4.69, 9.17) is 19.1 Å². The SMILES string of the molecule is c1ccc(-n2c3ccccc3c3c4c(oc5ccccc54)c(Oc4ccc5c6ccccc6n6ccnc6c5c4)cc32)nc1. The van der Waals surface area contributed by atoms with Gasteiger partial charge in [-0.15, -0.1) is 0 Å². The summed E-state index contributed by atoms with van der Waals surface area (Å²) in [7, 11) is 0. The number of furan rings is 1. The summed E-state index contributed by atoms with van der Waals surface area (Å²) in [5.74, 6) is 2.19. The van der Waals surface area contributed by atoms with E-state index in [-0.39, 0.29) is 0 Å². The number of nitrogens with zero attached hydrogens (tertiary/aromatic N) is 4. The second-order valence-corrected chi connectivity index (χ2v) is 11.1. The van der Waals surface area contributed by atoms with Crippen molar-refractivity contribution < 1.29 is 9.15 Å². The van der Waals surface area contributed by atoms with Crippen LogP contribution in [0.25, 0.3) is 76.9 Å². The van der Waals surface area contributed by atoms with Gasteiger partial charge in [-0.3, -0.25) is 8.97 Å². The van der Waals surface area contributed by atoms with Crippen LogP contribution in [0.4, 0.5) is 0 Å². The van der Waals surface area contributed by atoms with Gasteiger partial charge >= 0.3 is 0 Å². The lowest BCUT2D eigenvalue weighted by atomic mass is 10.0. The van der Waals surface area contributed by atoms with Gasteiger partial charge in [0.25, 0.3) is 0 Å². The maximum absolute atomic E-state index is 6.80. The van der Waals surface area contributed by atoms with E-state index in [9.17, 15) is 0 Å². The molecule has 44 heavy (non-hydrogen) atoms. The molecule has 0 radical (unpaired) electrons. The number of rotatable bonds is 3. The smallest absolute Gasteiger partial charge is 0.178 e. The molecule has 0 N–H and O–H groups in total. The van der Waals surface area contributed by atoms with Crippen molar-refractivity contribution in [3.05, 3.63) is 134 Å². The first-order chi connectivity index (χ1) is 21.8. The Morgan fingerprint density at radius 2 is 1.36 bits per heavy atom. The highest BCUT2D eigenvalue weighted by atomic mass is 16.5. The molecule has 5 aromatic carbocycles. The highest BCUT2D eigenvalue weighted by Gasteiger charge is 2.23. The third-order valence-electron chi connectivity index (χ3n) is 8.68. The van der Waals surface area contributed by atoms with E-state index in [1.165, 1.54) is 5.39 Å². The van der Waals surface area contributed by atoms with Crippen molar-refractivity contribution in [2.75, 3.05) is 0 Å². The van der Waals surface area contributed by atoms with E-state index in [2.05, 4.69) is 87.8 Å². The fourth-order valence-corrected chi connectivity index (χ4v) is 6.87. The minimum Gasteiger partial charge on any atom is -0.453 e. The van der Waals surface area contributed by atoms with Crippen LogP contribution in [0.5, 0.6) is 11.5 Å². The molecule has 6 nitrogen and oxygen atoms in total. The molecule has 0 spiro atoms. The van der Waals surface area contributed by atoms with Crippen LogP contribution in [0.2, 0.25) is 0 Å². The molecule has 10 rings (SSSR count). The zero-order valence-corrected chi connectivity index (χ0v) is 23.3. The lowest BCUT2D eigenvalue weighted by molar-refractivity contribution is 0.477. The summed E-state index contributed by atoms with van der Waals surface area (Å²) in [5, 5.41) is 7.65. The third-order valence-corrected chi connectivity index (χ3v) is 8.68. The summed E-state index contributed by atoms with van der Waals surface area (Å²) < 4.78 is 17.7. The molecule has 5 aromatic heterocycles. The predicted molar refractivity (Wildman–Crippen MR) is 176 cm³/mol. The lowest BCUT2D eigenvalue weighted by Crippen LogP contribution is -1.96. The molecular formula is C38H22N4O2. The number of para-hydroxylation sites is 3. The zero-order chi connectivity index (χ0) is 28.8. The van der Waals surface area contributed by atoms with E-state index in [0.717, 1.165) is 65.9 Å². The maximum atomic E-state index is 6.80. The first-order valence-corrected chi connectivity index (χ1v) is 14.6. The van der Waals surface area contributed by atoms with Crippen molar-refractivity contribution in [1.29, 1.82) is 0 Å². The number of hydrogen-bond donors (Lipinski definition) is 0. The number of benzene rings is 5. The summed E-state index contributed by atoms with van der Waals surface area (Å²) >= 11 is 0. The van der Waals surface area contributed by atoms with Gasteiger partial charge in [-0.05, 0) is 53.9 Å². The monoisotopic (exact) mass is 566 g/mol. The van der Waals surface area contributed by atoms with Crippen LogP contribution in [0.3, 0.4) is 0 Å². The van der Waals surface area contributed by atoms with Gasteiger partial charge in [0.2, 0.25) is 0 Å². The van der Waals surface area contributed by atoms with Crippen LogP contribution >= 0.6 is 0 Å². The highest BCUT2D eigenvalue weighted by Crippen LogP contribution is 2.46. The normalized spacial score (nSPS) is 12.1. The van der Waals surface area contributed by atoms with Gasteiger partial charge in [-0.2, -0.15) is 0 Å². The maximum Gasteiger partial charge on any atom is 0.178 e. The average Bonchev–Trinajstić information content (AvgIpc) is 3.80. The van der Waals surface area contributed by atoms with Gasteiger partial charge < -0.3 is 9.15 Å². The Labute approximate surface area is 250 Å². The number of fused-ring (bicyclic) bond motifs is 13. The van der Waals surface area contributed by atoms with Crippen LogP contribution in [0.1, 0.15) is 0 Å². The van der Waals surface area contributed by atoms with Gasteiger partial charge in [0.15, 0.2) is 11.3 Å². The standard InChI is InChI=1S/C38H22N4O2/c1-4-12-29-25(9-1)24-17-16-23(21-28(24)38-40-19-20-41(29)38)43-33-22-31-35(36-27-11-3-6-14-32(27)44-37(33)36)26-10-2-5-13-30(26)42(31)34-15-7-8-18-39-34/h1-22H. The van der Waals surface area contributed by atoms with Crippen molar-refractivity contribution in [2.45, 2.75) is 0 Å². The molecule has 6 heteroatoms. The number of pyridine rings is 2. The molecule has 206 valence electrons.